The number of benzene rings is 1. The number of amides is 2. The van der Waals surface area contributed by atoms with E-state index >= 15 is 0 Å². The number of aliphatic carboxylic acids is 1. The molecule has 1 aromatic carbocycles. The van der Waals surface area contributed by atoms with Crippen molar-refractivity contribution >= 4 is 56.3 Å². The number of nitrogens with two attached hydrogens (primary N) is 1. The molecule has 1 aromatic rings. The third-order valence-corrected chi connectivity index (χ3v) is 3.55. The second-order valence-corrected chi connectivity index (χ2v) is 5.72. The fraction of sp³-hybridized carbons (Fsp3) is 0.182. The number of carbonyl (C=O) groups is 3. The highest BCUT2D eigenvalue weighted by Gasteiger charge is 2.22. The summed E-state index contributed by atoms with van der Waals surface area (Å²) in [6, 6.07) is 5.04. The molecule has 0 radical (unpaired) electrons. The van der Waals surface area contributed by atoms with Gasteiger partial charge in [0, 0.05) is 8.04 Å². The van der Waals surface area contributed by atoms with Gasteiger partial charge in [-0.15, -0.1) is 0 Å². The van der Waals surface area contributed by atoms with Crippen molar-refractivity contribution in [2.24, 2.45) is 5.73 Å². The first kappa shape index (κ1) is 15.9. The van der Waals surface area contributed by atoms with Crippen LogP contribution in [0.4, 0.5) is 0 Å². The molecule has 3 N–H and O–H groups in total. The Bertz CT molecular complexity index is 519. The van der Waals surface area contributed by atoms with Gasteiger partial charge in [-0.05, 0) is 40.8 Å². The number of rotatable bonds is 5. The lowest BCUT2D eigenvalue weighted by atomic mass is 10.2. The minimum atomic E-state index is -1.21. The van der Waals surface area contributed by atoms with Crippen molar-refractivity contribution in [3.63, 3.8) is 0 Å². The van der Waals surface area contributed by atoms with Crippen LogP contribution in [0.3, 0.4) is 0 Å². The Morgan fingerprint density at radius 1 is 1.32 bits per heavy atom. The highest BCUT2D eigenvalue weighted by Crippen LogP contribution is 2.20. The van der Waals surface area contributed by atoms with Crippen LogP contribution in [0.25, 0.3) is 0 Å². The van der Waals surface area contributed by atoms with Gasteiger partial charge in [-0.25, -0.2) is 0 Å². The average molecular weight is 441 g/mol. The zero-order valence-electron chi connectivity index (χ0n) is 9.60. The van der Waals surface area contributed by atoms with Crippen LogP contribution < -0.4 is 5.73 Å². The van der Waals surface area contributed by atoms with Gasteiger partial charge in [0.15, 0.2) is 0 Å². The molecule has 0 saturated carbocycles. The normalized spacial score (nSPS) is 10.0. The molecule has 8 heteroatoms. The minimum Gasteiger partial charge on any atom is -0.480 e. The molecular weight excluding hydrogens is 431 g/mol. The number of nitrogens with zero attached hydrogens (tertiary/aromatic N) is 1. The van der Waals surface area contributed by atoms with Crippen LogP contribution in [0.15, 0.2) is 22.7 Å². The third kappa shape index (κ3) is 4.78. The van der Waals surface area contributed by atoms with Crippen molar-refractivity contribution in [3.8, 4) is 0 Å². The Morgan fingerprint density at radius 3 is 2.47 bits per heavy atom. The highest BCUT2D eigenvalue weighted by molar-refractivity contribution is 14.1. The standard InChI is InChI=1S/C11H10BrIN2O4/c12-6-1-2-8(13)7(3-6)11(19)15(4-9(14)16)5-10(17)18/h1-3H,4-5H2,(H2,14,16)(H,17,18). The maximum absolute atomic E-state index is 12.2. The minimum absolute atomic E-state index is 0.317. The molecule has 0 saturated heterocycles. The maximum Gasteiger partial charge on any atom is 0.323 e. The number of carboxylic acids is 1. The predicted molar refractivity (Wildman–Crippen MR) is 79.6 cm³/mol. The van der Waals surface area contributed by atoms with Gasteiger partial charge < -0.3 is 15.7 Å². The van der Waals surface area contributed by atoms with Crippen LogP contribution in [0, 0.1) is 3.57 Å². The second-order valence-electron chi connectivity index (χ2n) is 3.65. The van der Waals surface area contributed by atoms with Gasteiger partial charge in [0.2, 0.25) is 5.91 Å². The summed E-state index contributed by atoms with van der Waals surface area (Å²) in [6.07, 6.45) is 0. The lowest BCUT2D eigenvalue weighted by Gasteiger charge is -2.19. The molecule has 0 aliphatic heterocycles. The molecule has 0 spiro atoms. The van der Waals surface area contributed by atoms with E-state index in [4.69, 9.17) is 10.8 Å². The predicted octanol–water partition coefficient (Wildman–Crippen LogP) is 1.07. The first-order chi connectivity index (χ1) is 8.81. The number of carbonyl (C=O) groups excluding carboxylic acids is 2. The Balaban J connectivity index is 3.07. The van der Waals surface area contributed by atoms with E-state index < -0.39 is 30.9 Å². The van der Waals surface area contributed by atoms with Crippen LogP contribution >= 0.6 is 38.5 Å². The van der Waals surface area contributed by atoms with Crippen molar-refractivity contribution in [1.82, 2.24) is 4.90 Å². The zero-order valence-corrected chi connectivity index (χ0v) is 13.3. The molecule has 0 aliphatic carbocycles. The zero-order chi connectivity index (χ0) is 14.6. The Kier molecular flexibility index (Phi) is 5.73. The summed E-state index contributed by atoms with van der Waals surface area (Å²) in [6.45, 7) is -1.02. The van der Waals surface area contributed by atoms with Gasteiger partial charge in [-0.1, -0.05) is 15.9 Å². The number of halogens is 2. The molecule has 0 fully saturated rings. The molecule has 19 heavy (non-hydrogen) atoms. The van der Waals surface area contributed by atoms with Crippen molar-refractivity contribution in [1.29, 1.82) is 0 Å². The molecule has 0 bridgehead atoms. The van der Waals surface area contributed by atoms with Gasteiger partial charge >= 0.3 is 5.97 Å². The van der Waals surface area contributed by atoms with Crippen LogP contribution in [0.1, 0.15) is 10.4 Å². The lowest BCUT2D eigenvalue weighted by molar-refractivity contribution is -0.138. The van der Waals surface area contributed by atoms with E-state index in [0.717, 1.165) is 4.90 Å². The number of primary amides is 1. The van der Waals surface area contributed by atoms with Gasteiger partial charge in [0.05, 0.1) is 5.56 Å². The van der Waals surface area contributed by atoms with E-state index in [1.54, 1.807) is 18.2 Å². The Labute approximate surface area is 131 Å². The summed E-state index contributed by atoms with van der Waals surface area (Å²) in [5.74, 6) is -2.52. The van der Waals surface area contributed by atoms with E-state index in [1.165, 1.54) is 0 Å². The van der Waals surface area contributed by atoms with Crippen LogP contribution in [-0.4, -0.2) is 40.9 Å². The quantitative estimate of drug-likeness (QED) is 0.668. The van der Waals surface area contributed by atoms with E-state index in [2.05, 4.69) is 15.9 Å². The third-order valence-electron chi connectivity index (χ3n) is 2.12. The van der Waals surface area contributed by atoms with Crippen LogP contribution in [0.5, 0.6) is 0 Å². The topological polar surface area (TPSA) is 101 Å². The van der Waals surface area contributed by atoms with Crippen molar-refractivity contribution < 1.29 is 19.5 Å². The molecular formula is C11H10BrIN2O4. The molecule has 0 aliphatic rings. The first-order valence-electron chi connectivity index (χ1n) is 5.05. The van der Waals surface area contributed by atoms with E-state index in [0.29, 0.717) is 13.6 Å². The summed E-state index contributed by atoms with van der Waals surface area (Å²) >= 11 is 5.19. The smallest absolute Gasteiger partial charge is 0.323 e. The van der Waals surface area contributed by atoms with Crippen LogP contribution in [0.2, 0.25) is 0 Å². The van der Waals surface area contributed by atoms with Crippen LogP contribution in [-0.2, 0) is 9.59 Å². The fourth-order valence-electron chi connectivity index (χ4n) is 1.38. The first-order valence-corrected chi connectivity index (χ1v) is 6.93. The largest absolute Gasteiger partial charge is 0.480 e. The second kappa shape index (κ2) is 6.85. The SMILES string of the molecule is NC(=O)CN(CC(=O)O)C(=O)c1cc(Br)ccc1I. The molecule has 0 heterocycles. The maximum atomic E-state index is 12.2. The molecule has 6 nitrogen and oxygen atoms in total. The Morgan fingerprint density at radius 2 is 1.95 bits per heavy atom. The average Bonchev–Trinajstić information content (AvgIpc) is 2.29. The Hall–Kier alpha value is -1.16. The summed E-state index contributed by atoms with van der Waals surface area (Å²) < 4.78 is 1.34. The molecule has 0 atom stereocenters. The van der Waals surface area contributed by atoms with Crippen molar-refractivity contribution in [2.75, 3.05) is 13.1 Å². The number of hydrogen-bond donors (Lipinski definition) is 2. The van der Waals surface area contributed by atoms with Gasteiger partial charge in [0.25, 0.3) is 5.91 Å². The molecule has 102 valence electrons. The molecule has 1 rings (SSSR count). The van der Waals surface area contributed by atoms with E-state index in [-0.39, 0.29) is 0 Å². The van der Waals surface area contributed by atoms with Gasteiger partial charge in [-0.3, -0.25) is 14.4 Å². The monoisotopic (exact) mass is 440 g/mol. The summed E-state index contributed by atoms with van der Waals surface area (Å²) in [5.41, 5.74) is 5.33. The molecule has 0 unspecified atom stereocenters. The molecule has 2 amide bonds. The van der Waals surface area contributed by atoms with Crippen molar-refractivity contribution in [3.05, 3.63) is 31.8 Å². The van der Waals surface area contributed by atoms with Gasteiger partial charge in [0.1, 0.15) is 13.1 Å². The number of carboxylic acid groups (broad SMARTS) is 1. The lowest BCUT2D eigenvalue weighted by Crippen LogP contribution is -2.41. The fourth-order valence-corrected chi connectivity index (χ4v) is 2.31. The van der Waals surface area contributed by atoms with Gasteiger partial charge in [-0.2, -0.15) is 0 Å². The highest BCUT2D eigenvalue weighted by atomic mass is 127. The summed E-state index contributed by atoms with van der Waals surface area (Å²) in [7, 11) is 0. The number of hydrogen-bond acceptors (Lipinski definition) is 3. The van der Waals surface area contributed by atoms with E-state index in [1.807, 2.05) is 22.6 Å². The summed E-state index contributed by atoms with van der Waals surface area (Å²) in [5, 5.41) is 8.76. The summed E-state index contributed by atoms with van der Waals surface area (Å²) in [4.78, 5) is 34.7. The van der Waals surface area contributed by atoms with E-state index in [9.17, 15) is 14.4 Å². The van der Waals surface area contributed by atoms with Crippen molar-refractivity contribution in [2.45, 2.75) is 0 Å². The molecule has 0 aromatic heterocycles.